The number of aliphatic hydroxyl groups is 1. The first-order valence-corrected chi connectivity index (χ1v) is 8.18. The molecule has 2 atom stereocenters. The fraction of sp³-hybridized carbons (Fsp3) is 0.636. The molecule has 1 aliphatic rings. The molecule has 7 heteroatoms. The molecule has 2 heterocycles. The highest BCUT2D eigenvalue weighted by atomic mass is 32.2. The van der Waals surface area contributed by atoms with Crippen molar-refractivity contribution < 1.29 is 13.5 Å². The molecular formula is C11H18N2O3S2. The molecule has 0 bridgehead atoms. The van der Waals surface area contributed by atoms with Crippen LogP contribution in [0.2, 0.25) is 0 Å². The zero-order valence-corrected chi connectivity index (χ0v) is 11.9. The second kappa shape index (κ2) is 5.26. The van der Waals surface area contributed by atoms with E-state index in [1.807, 2.05) is 0 Å². The molecule has 2 rings (SSSR count). The third-order valence-corrected chi connectivity index (χ3v) is 6.74. The number of rotatable bonds is 4. The lowest BCUT2D eigenvalue weighted by molar-refractivity contribution is 0.133. The summed E-state index contributed by atoms with van der Waals surface area (Å²) >= 11 is 1.22. The summed E-state index contributed by atoms with van der Waals surface area (Å²) in [5.41, 5.74) is 5.49. The second-order valence-electron chi connectivity index (χ2n) is 4.58. The fourth-order valence-electron chi connectivity index (χ4n) is 2.10. The number of hydrogen-bond donors (Lipinski definition) is 2. The van der Waals surface area contributed by atoms with Crippen molar-refractivity contribution in [1.29, 1.82) is 0 Å². The van der Waals surface area contributed by atoms with E-state index in [2.05, 4.69) is 0 Å². The molecule has 0 aromatic carbocycles. The summed E-state index contributed by atoms with van der Waals surface area (Å²) in [4.78, 5) is 0.861. The van der Waals surface area contributed by atoms with Crippen LogP contribution in [-0.2, 0) is 16.6 Å². The van der Waals surface area contributed by atoms with Crippen LogP contribution in [0.15, 0.2) is 16.3 Å². The maximum absolute atomic E-state index is 12.3. The quantitative estimate of drug-likeness (QED) is 0.850. The summed E-state index contributed by atoms with van der Waals surface area (Å²) in [6.45, 7) is 2.94. The van der Waals surface area contributed by atoms with Gasteiger partial charge in [0.25, 0.3) is 10.0 Å². The van der Waals surface area contributed by atoms with Gasteiger partial charge in [0.1, 0.15) is 4.21 Å². The standard InChI is InChI=1S/C11H18N2O3S2/c1-8(14)9-4-5-13(7-9)18(15,16)11-3-2-10(6-12)17-11/h2-3,8-9,14H,4-7,12H2,1H3. The van der Waals surface area contributed by atoms with E-state index < -0.39 is 16.1 Å². The van der Waals surface area contributed by atoms with E-state index in [-0.39, 0.29) is 5.92 Å². The SMILES string of the molecule is CC(O)C1CCN(S(=O)(=O)c2ccc(CN)s2)C1. The number of aliphatic hydroxyl groups excluding tert-OH is 1. The first kappa shape index (κ1) is 14.0. The van der Waals surface area contributed by atoms with Crippen LogP contribution in [0.4, 0.5) is 0 Å². The van der Waals surface area contributed by atoms with Crippen molar-refractivity contribution in [3.8, 4) is 0 Å². The van der Waals surface area contributed by atoms with Crippen molar-refractivity contribution in [2.75, 3.05) is 13.1 Å². The highest BCUT2D eigenvalue weighted by molar-refractivity contribution is 7.91. The molecule has 0 amide bonds. The Morgan fingerprint density at radius 2 is 2.33 bits per heavy atom. The minimum Gasteiger partial charge on any atom is -0.393 e. The number of thiophene rings is 1. The average molecular weight is 290 g/mol. The van der Waals surface area contributed by atoms with Gasteiger partial charge in [-0.15, -0.1) is 11.3 Å². The lowest BCUT2D eigenvalue weighted by Crippen LogP contribution is -2.30. The Kier molecular flexibility index (Phi) is 4.08. The maximum Gasteiger partial charge on any atom is 0.252 e. The Labute approximate surface area is 111 Å². The Hall–Kier alpha value is -0.470. The Morgan fingerprint density at radius 1 is 1.61 bits per heavy atom. The molecule has 1 fully saturated rings. The van der Waals surface area contributed by atoms with E-state index >= 15 is 0 Å². The van der Waals surface area contributed by atoms with Crippen LogP contribution in [-0.4, -0.2) is 37.0 Å². The highest BCUT2D eigenvalue weighted by Gasteiger charge is 2.35. The van der Waals surface area contributed by atoms with Crippen LogP contribution in [0.3, 0.4) is 0 Å². The number of nitrogens with zero attached hydrogens (tertiary/aromatic N) is 1. The van der Waals surface area contributed by atoms with Gasteiger partial charge in [-0.2, -0.15) is 4.31 Å². The summed E-state index contributed by atoms with van der Waals surface area (Å²) in [6.07, 6.45) is 0.250. The Bertz CT molecular complexity index is 510. The smallest absolute Gasteiger partial charge is 0.252 e. The third-order valence-electron chi connectivity index (χ3n) is 3.30. The van der Waals surface area contributed by atoms with E-state index in [4.69, 9.17) is 5.73 Å². The lowest BCUT2D eigenvalue weighted by atomic mass is 10.0. The van der Waals surface area contributed by atoms with Crippen LogP contribution in [0.1, 0.15) is 18.2 Å². The molecule has 1 aliphatic heterocycles. The zero-order chi connectivity index (χ0) is 13.3. The third kappa shape index (κ3) is 2.60. The molecule has 0 spiro atoms. The van der Waals surface area contributed by atoms with Crippen molar-refractivity contribution in [1.82, 2.24) is 4.31 Å². The van der Waals surface area contributed by atoms with E-state index in [0.717, 1.165) is 4.88 Å². The summed E-state index contributed by atoms with van der Waals surface area (Å²) in [7, 11) is -3.41. The largest absolute Gasteiger partial charge is 0.393 e. The van der Waals surface area contributed by atoms with Gasteiger partial charge in [0, 0.05) is 24.5 Å². The first-order chi connectivity index (χ1) is 8.45. The van der Waals surface area contributed by atoms with Crippen molar-refractivity contribution in [3.05, 3.63) is 17.0 Å². The molecule has 2 unspecified atom stereocenters. The molecular weight excluding hydrogens is 272 g/mol. The van der Waals surface area contributed by atoms with Gasteiger partial charge in [-0.25, -0.2) is 8.42 Å². The van der Waals surface area contributed by atoms with Gasteiger partial charge in [-0.3, -0.25) is 0 Å². The highest BCUT2D eigenvalue weighted by Crippen LogP contribution is 2.29. The Balaban J connectivity index is 2.17. The molecule has 1 saturated heterocycles. The summed E-state index contributed by atoms with van der Waals surface area (Å²) < 4.78 is 26.5. The lowest BCUT2D eigenvalue weighted by Gasteiger charge is -2.16. The monoisotopic (exact) mass is 290 g/mol. The van der Waals surface area contributed by atoms with Crippen LogP contribution in [0.5, 0.6) is 0 Å². The van der Waals surface area contributed by atoms with Gasteiger partial charge in [-0.05, 0) is 31.4 Å². The van der Waals surface area contributed by atoms with Crippen LogP contribution >= 0.6 is 11.3 Å². The number of nitrogens with two attached hydrogens (primary N) is 1. The van der Waals surface area contributed by atoms with Crippen LogP contribution < -0.4 is 5.73 Å². The van der Waals surface area contributed by atoms with Crippen molar-refractivity contribution in [2.24, 2.45) is 11.7 Å². The molecule has 0 radical (unpaired) electrons. The molecule has 5 nitrogen and oxygen atoms in total. The van der Waals surface area contributed by atoms with Gasteiger partial charge in [0.15, 0.2) is 0 Å². The maximum atomic E-state index is 12.3. The first-order valence-electron chi connectivity index (χ1n) is 5.92. The number of sulfonamides is 1. The predicted molar refractivity (Wildman–Crippen MR) is 70.8 cm³/mol. The van der Waals surface area contributed by atoms with Crippen molar-refractivity contribution in [3.63, 3.8) is 0 Å². The van der Waals surface area contributed by atoms with Gasteiger partial charge in [0.05, 0.1) is 6.10 Å². The van der Waals surface area contributed by atoms with E-state index in [1.54, 1.807) is 19.1 Å². The van der Waals surface area contributed by atoms with Gasteiger partial charge < -0.3 is 10.8 Å². The summed E-state index contributed by atoms with van der Waals surface area (Å²) in [6, 6.07) is 3.36. The summed E-state index contributed by atoms with van der Waals surface area (Å²) in [5, 5.41) is 9.51. The number of hydrogen-bond acceptors (Lipinski definition) is 5. The second-order valence-corrected chi connectivity index (χ2v) is 7.91. The average Bonchev–Trinajstić information content (AvgIpc) is 2.98. The fourth-order valence-corrected chi connectivity index (χ4v) is 5.00. The minimum absolute atomic E-state index is 0.0358. The van der Waals surface area contributed by atoms with E-state index in [0.29, 0.717) is 30.3 Å². The van der Waals surface area contributed by atoms with Crippen molar-refractivity contribution in [2.45, 2.75) is 30.2 Å². The van der Waals surface area contributed by atoms with Gasteiger partial charge in [0.2, 0.25) is 0 Å². The predicted octanol–water partition coefficient (Wildman–Crippen LogP) is 0.598. The van der Waals surface area contributed by atoms with Gasteiger partial charge in [-0.1, -0.05) is 0 Å². The molecule has 18 heavy (non-hydrogen) atoms. The topological polar surface area (TPSA) is 83.6 Å². The van der Waals surface area contributed by atoms with E-state index in [1.165, 1.54) is 15.6 Å². The Morgan fingerprint density at radius 3 is 2.83 bits per heavy atom. The van der Waals surface area contributed by atoms with Crippen LogP contribution in [0.25, 0.3) is 0 Å². The molecule has 0 aliphatic carbocycles. The molecule has 1 aromatic heterocycles. The minimum atomic E-state index is -3.41. The van der Waals surface area contributed by atoms with Gasteiger partial charge >= 0.3 is 0 Å². The van der Waals surface area contributed by atoms with Crippen molar-refractivity contribution >= 4 is 21.4 Å². The molecule has 102 valence electrons. The molecule has 3 N–H and O–H groups in total. The molecule has 0 saturated carbocycles. The van der Waals surface area contributed by atoms with E-state index in [9.17, 15) is 13.5 Å². The zero-order valence-electron chi connectivity index (χ0n) is 10.2. The molecule has 1 aromatic rings. The summed E-state index contributed by atoms with van der Waals surface area (Å²) in [5.74, 6) is 0.0358. The van der Waals surface area contributed by atoms with Crippen LogP contribution in [0, 0.1) is 5.92 Å². The normalized spacial score (nSPS) is 23.4.